The number of aromatic nitrogens is 1. The Hall–Kier alpha value is -1.18. The van der Waals surface area contributed by atoms with Crippen LogP contribution in [0.2, 0.25) is 0 Å². The Labute approximate surface area is 78.7 Å². The molecule has 1 aromatic heterocycles. The van der Waals surface area contributed by atoms with Gasteiger partial charge in [-0.15, -0.1) is 0 Å². The van der Waals surface area contributed by atoms with E-state index >= 15 is 0 Å². The smallest absolute Gasteiger partial charge is 0.0695 e. The molecule has 2 heteroatoms. The molecule has 0 unspecified atom stereocenters. The van der Waals surface area contributed by atoms with Crippen molar-refractivity contribution in [1.29, 1.82) is 0 Å². The predicted octanol–water partition coefficient (Wildman–Crippen LogP) is 2.76. The van der Waals surface area contributed by atoms with Crippen molar-refractivity contribution in [3.05, 3.63) is 24.0 Å². The molecule has 0 bridgehead atoms. The van der Waals surface area contributed by atoms with Crippen molar-refractivity contribution in [3.8, 4) is 0 Å². The van der Waals surface area contributed by atoms with Gasteiger partial charge in [-0.2, -0.15) is 0 Å². The Balaban J connectivity index is 2.37. The summed E-state index contributed by atoms with van der Waals surface area (Å²) in [6, 6.07) is 1.98. The molecule has 0 saturated heterocycles. The van der Waals surface area contributed by atoms with Crippen molar-refractivity contribution in [2.45, 2.75) is 27.2 Å². The van der Waals surface area contributed by atoms with Crippen LogP contribution in [0.5, 0.6) is 0 Å². The van der Waals surface area contributed by atoms with Crippen molar-refractivity contribution in [1.82, 2.24) is 4.98 Å². The Morgan fingerprint density at radius 2 is 2.08 bits per heavy atom. The zero-order chi connectivity index (χ0) is 9.47. The summed E-state index contributed by atoms with van der Waals surface area (Å²) in [7, 11) is 0. The van der Waals surface area contributed by atoms with E-state index in [1.165, 1.54) is 11.3 Å². The molecule has 0 spiro atoms. The van der Waals surface area contributed by atoms with E-state index in [1.807, 2.05) is 12.3 Å². The Bertz CT molecular complexity index is 359. The highest BCUT2D eigenvalue weighted by Gasteiger charge is 2.24. The minimum Gasteiger partial charge on any atom is -0.264 e. The molecule has 0 saturated carbocycles. The summed E-state index contributed by atoms with van der Waals surface area (Å²) >= 11 is 0. The third-order valence-corrected chi connectivity index (χ3v) is 2.36. The molecule has 2 heterocycles. The minimum atomic E-state index is 0.180. The largest absolute Gasteiger partial charge is 0.264 e. The fourth-order valence-electron chi connectivity index (χ4n) is 1.46. The molecule has 13 heavy (non-hydrogen) atoms. The zero-order valence-electron chi connectivity index (χ0n) is 8.33. The molecule has 0 atom stereocenters. The van der Waals surface area contributed by atoms with Crippen LogP contribution in [-0.4, -0.2) is 10.7 Å². The second-order valence-electron chi connectivity index (χ2n) is 4.49. The van der Waals surface area contributed by atoms with Crippen LogP contribution in [0.15, 0.2) is 23.5 Å². The van der Waals surface area contributed by atoms with E-state index in [2.05, 4.69) is 30.7 Å². The van der Waals surface area contributed by atoms with Gasteiger partial charge in [-0.05, 0) is 6.07 Å². The molecule has 0 fully saturated rings. The van der Waals surface area contributed by atoms with Gasteiger partial charge in [-0.1, -0.05) is 20.8 Å². The lowest BCUT2D eigenvalue weighted by atomic mass is 9.88. The summed E-state index contributed by atoms with van der Waals surface area (Å²) < 4.78 is 0. The minimum absolute atomic E-state index is 0.180. The van der Waals surface area contributed by atoms with Gasteiger partial charge in [0.15, 0.2) is 0 Å². The average Bonchev–Trinajstić information content (AvgIpc) is 2.45. The zero-order valence-corrected chi connectivity index (χ0v) is 8.33. The molecule has 1 aliphatic heterocycles. The van der Waals surface area contributed by atoms with Crippen LogP contribution in [0, 0.1) is 5.41 Å². The molecule has 2 rings (SSSR count). The Morgan fingerprint density at radius 3 is 2.69 bits per heavy atom. The second kappa shape index (κ2) is 2.66. The molecular formula is C11H14N2. The number of hydrogen-bond acceptors (Lipinski definition) is 2. The average molecular weight is 174 g/mol. The highest BCUT2D eigenvalue weighted by atomic mass is 14.8. The van der Waals surface area contributed by atoms with Gasteiger partial charge in [0.05, 0.1) is 5.69 Å². The van der Waals surface area contributed by atoms with Crippen molar-refractivity contribution in [3.63, 3.8) is 0 Å². The van der Waals surface area contributed by atoms with E-state index in [4.69, 9.17) is 0 Å². The molecule has 1 aliphatic rings. The van der Waals surface area contributed by atoms with Crippen LogP contribution in [0.4, 0.5) is 5.69 Å². The van der Waals surface area contributed by atoms with Gasteiger partial charge in [0, 0.05) is 35.5 Å². The van der Waals surface area contributed by atoms with Crippen LogP contribution < -0.4 is 0 Å². The lowest BCUT2D eigenvalue weighted by Crippen LogP contribution is -2.19. The van der Waals surface area contributed by atoms with E-state index < -0.39 is 0 Å². The molecule has 0 amide bonds. The first-order chi connectivity index (χ1) is 6.07. The topological polar surface area (TPSA) is 25.2 Å². The standard InChI is InChI=1S/C11H14N2/c1-11(2,3)10-6-8-7-12-5-4-9(8)13-10/h4-5,7H,6H2,1-3H3. The fraction of sp³-hybridized carbons (Fsp3) is 0.455. The first-order valence-electron chi connectivity index (χ1n) is 4.58. The van der Waals surface area contributed by atoms with Gasteiger partial charge < -0.3 is 0 Å². The summed E-state index contributed by atoms with van der Waals surface area (Å²) in [5.74, 6) is 0. The summed E-state index contributed by atoms with van der Waals surface area (Å²) in [6.45, 7) is 6.60. The van der Waals surface area contributed by atoms with Crippen LogP contribution >= 0.6 is 0 Å². The van der Waals surface area contributed by atoms with Crippen LogP contribution in [0.3, 0.4) is 0 Å². The SMILES string of the molecule is CC(C)(C)C1=Nc2ccncc2C1. The summed E-state index contributed by atoms with van der Waals surface area (Å²) in [6.07, 6.45) is 4.68. The van der Waals surface area contributed by atoms with E-state index in [0.29, 0.717) is 0 Å². The number of fused-ring (bicyclic) bond motifs is 1. The van der Waals surface area contributed by atoms with Gasteiger partial charge in [0.1, 0.15) is 0 Å². The van der Waals surface area contributed by atoms with Crippen molar-refractivity contribution < 1.29 is 0 Å². The maximum atomic E-state index is 4.60. The summed E-state index contributed by atoms with van der Waals surface area (Å²) in [4.78, 5) is 8.70. The maximum absolute atomic E-state index is 4.60. The van der Waals surface area contributed by atoms with Gasteiger partial charge in [-0.3, -0.25) is 9.98 Å². The van der Waals surface area contributed by atoms with E-state index in [9.17, 15) is 0 Å². The molecule has 0 aliphatic carbocycles. The number of rotatable bonds is 0. The molecule has 68 valence electrons. The van der Waals surface area contributed by atoms with Crippen molar-refractivity contribution in [2.24, 2.45) is 10.4 Å². The first-order valence-corrected chi connectivity index (χ1v) is 4.58. The van der Waals surface area contributed by atoms with E-state index in [1.54, 1.807) is 6.20 Å². The molecule has 0 aromatic carbocycles. The number of nitrogens with zero attached hydrogens (tertiary/aromatic N) is 2. The molecule has 0 N–H and O–H groups in total. The van der Waals surface area contributed by atoms with Gasteiger partial charge in [-0.25, -0.2) is 0 Å². The molecule has 0 radical (unpaired) electrons. The van der Waals surface area contributed by atoms with Crippen LogP contribution in [0.1, 0.15) is 26.3 Å². The van der Waals surface area contributed by atoms with Crippen LogP contribution in [0.25, 0.3) is 0 Å². The number of aliphatic imine (C=N–C) groups is 1. The first kappa shape index (κ1) is 8.42. The summed E-state index contributed by atoms with van der Waals surface area (Å²) in [5.41, 5.74) is 3.79. The third-order valence-electron chi connectivity index (χ3n) is 2.36. The quantitative estimate of drug-likeness (QED) is 0.593. The van der Waals surface area contributed by atoms with E-state index in [-0.39, 0.29) is 5.41 Å². The monoisotopic (exact) mass is 174 g/mol. The lowest BCUT2D eigenvalue weighted by Gasteiger charge is -2.17. The summed E-state index contributed by atoms with van der Waals surface area (Å²) in [5, 5.41) is 0. The van der Waals surface area contributed by atoms with Crippen LogP contribution in [-0.2, 0) is 6.42 Å². The highest BCUT2D eigenvalue weighted by Crippen LogP contribution is 2.31. The molecule has 1 aromatic rings. The van der Waals surface area contributed by atoms with E-state index in [0.717, 1.165) is 12.1 Å². The Morgan fingerprint density at radius 1 is 1.31 bits per heavy atom. The fourth-order valence-corrected chi connectivity index (χ4v) is 1.46. The molecule has 2 nitrogen and oxygen atoms in total. The number of pyridine rings is 1. The van der Waals surface area contributed by atoms with Gasteiger partial charge in [0.25, 0.3) is 0 Å². The van der Waals surface area contributed by atoms with Gasteiger partial charge >= 0.3 is 0 Å². The van der Waals surface area contributed by atoms with Gasteiger partial charge in [0.2, 0.25) is 0 Å². The normalized spacial score (nSPS) is 15.5. The maximum Gasteiger partial charge on any atom is 0.0695 e. The Kier molecular flexibility index (Phi) is 1.72. The highest BCUT2D eigenvalue weighted by molar-refractivity contribution is 5.97. The molecular weight excluding hydrogens is 160 g/mol. The second-order valence-corrected chi connectivity index (χ2v) is 4.49. The lowest BCUT2D eigenvalue weighted by molar-refractivity contribution is 0.584. The van der Waals surface area contributed by atoms with Crippen molar-refractivity contribution >= 4 is 11.4 Å². The number of hydrogen-bond donors (Lipinski definition) is 0. The predicted molar refractivity (Wildman–Crippen MR) is 54.5 cm³/mol. The third kappa shape index (κ3) is 1.48. The van der Waals surface area contributed by atoms with Crippen molar-refractivity contribution in [2.75, 3.05) is 0 Å².